The average molecular weight is 270 g/mol. The van der Waals surface area contributed by atoms with E-state index in [1.807, 2.05) is 38.4 Å². The number of hydrogen-bond donors (Lipinski definition) is 1. The fourth-order valence-electron chi connectivity index (χ4n) is 1.88. The first-order chi connectivity index (χ1) is 9.72. The van der Waals surface area contributed by atoms with Gasteiger partial charge in [-0.05, 0) is 35.0 Å². The molecule has 0 saturated carbocycles. The fraction of sp³-hybridized carbons (Fsp3) is 0.250. The van der Waals surface area contributed by atoms with Gasteiger partial charge in [0.25, 0.3) is 0 Å². The molecule has 8 heteroatoms. The molecule has 0 aliphatic heterocycles. The van der Waals surface area contributed by atoms with Crippen molar-refractivity contribution in [3.8, 4) is 5.69 Å². The van der Waals surface area contributed by atoms with E-state index in [0.29, 0.717) is 6.54 Å². The number of benzene rings is 1. The van der Waals surface area contributed by atoms with Crippen molar-refractivity contribution in [1.82, 2.24) is 35.2 Å². The standard InChI is InChI=1S/C12H14N8/c1-9-3-4-11(20-8-14-16-18-20)5-12(9)13-6-10-7-19(2)17-15-10/h3-5,7-8,13H,6H2,1-2H3. The van der Waals surface area contributed by atoms with Crippen LogP contribution in [0.3, 0.4) is 0 Å². The number of rotatable bonds is 4. The minimum Gasteiger partial charge on any atom is -0.379 e. The highest BCUT2D eigenvalue weighted by Gasteiger charge is 2.04. The average Bonchev–Trinajstić information content (AvgIpc) is 3.09. The summed E-state index contributed by atoms with van der Waals surface area (Å²) in [6.07, 6.45) is 3.45. The summed E-state index contributed by atoms with van der Waals surface area (Å²) in [5.41, 5.74) is 3.95. The molecule has 2 heterocycles. The number of anilines is 1. The lowest BCUT2D eigenvalue weighted by Crippen LogP contribution is -2.03. The zero-order chi connectivity index (χ0) is 13.9. The van der Waals surface area contributed by atoms with Crippen LogP contribution in [0.25, 0.3) is 5.69 Å². The topological polar surface area (TPSA) is 86.3 Å². The predicted octanol–water partition coefficient (Wildman–Crippen LogP) is 0.711. The molecule has 1 N–H and O–H groups in total. The van der Waals surface area contributed by atoms with Gasteiger partial charge in [-0.1, -0.05) is 11.3 Å². The summed E-state index contributed by atoms with van der Waals surface area (Å²) < 4.78 is 3.30. The Morgan fingerprint density at radius 1 is 1.25 bits per heavy atom. The summed E-state index contributed by atoms with van der Waals surface area (Å²) in [5.74, 6) is 0. The van der Waals surface area contributed by atoms with Crippen molar-refractivity contribution in [3.05, 3.63) is 42.0 Å². The molecule has 0 amide bonds. The summed E-state index contributed by atoms with van der Waals surface area (Å²) in [5, 5.41) is 22.5. The fourth-order valence-corrected chi connectivity index (χ4v) is 1.88. The molecular weight excluding hydrogens is 256 g/mol. The van der Waals surface area contributed by atoms with Crippen molar-refractivity contribution in [2.75, 3.05) is 5.32 Å². The highest BCUT2D eigenvalue weighted by molar-refractivity contribution is 5.56. The minimum atomic E-state index is 0.619. The molecular formula is C12H14N8. The van der Waals surface area contributed by atoms with E-state index in [9.17, 15) is 0 Å². The van der Waals surface area contributed by atoms with Gasteiger partial charge >= 0.3 is 0 Å². The van der Waals surface area contributed by atoms with Gasteiger partial charge in [-0.15, -0.1) is 10.2 Å². The third kappa shape index (κ3) is 2.48. The molecule has 2 aromatic heterocycles. The minimum absolute atomic E-state index is 0.619. The second kappa shape index (κ2) is 5.08. The van der Waals surface area contributed by atoms with Crippen LogP contribution in [0.4, 0.5) is 5.69 Å². The van der Waals surface area contributed by atoms with Crippen LogP contribution in [-0.2, 0) is 13.6 Å². The molecule has 0 unspecified atom stereocenters. The van der Waals surface area contributed by atoms with Gasteiger partial charge in [0.05, 0.1) is 12.2 Å². The van der Waals surface area contributed by atoms with Crippen molar-refractivity contribution in [2.24, 2.45) is 7.05 Å². The normalized spacial score (nSPS) is 10.7. The molecule has 102 valence electrons. The van der Waals surface area contributed by atoms with E-state index in [1.165, 1.54) is 0 Å². The molecule has 0 atom stereocenters. The zero-order valence-electron chi connectivity index (χ0n) is 11.2. The maximum atomic E-state index is 4.05. The Hall–Kier alpha value is -2.77. The molecule has 0 bridgehead atoms. The monoisotopic (exact) mass is 270 g/mol. The first-order valence-corrected chi connectivity index (χ1v) is 6.15. The van der Waals surface area contributed by atoms with E-state index in [-0.39, 0.29) is 0 Å². The van der Waals surface area contributed by atoms with Crippen LogP contribution in [0.15, 0.2) is 30.7 Å². The maximum Gasteiger partial charge on any atom is 0.143 e. The number of nitrogens with one attached hydrogen (secondary N) is 1. The van der Waals surface area contributed by atoms with Crippen molar-refractivity contribution in [3.63, 3.8) is 0 Å². The third-order valence-corrected chi connectivity index (χ3v) is 2.94. The van der Waals surface area contributed by atoms with Gasteiger partial charge in [-0.25, -0.2) is 4.68 Å². The van der Waals surface area contributed by atoms with Crippen LogP contribution in [-0.4, -0.2) is 35.2 Å². The van der Waals surface area contributed by atoms with E-state index >= 15 is 0 Å². The summed E-state index contributed by atoms with van der Waals surface area (Å²) in [6, 6.07) is 6.00. The molecule has 20 heavy (non-hydrogen) atoms. The van der Waals surface area contributed by atoms with Crippen molar-refractivity contribution in [1.29, 1.82) is 0 Å². The van der Waals surface area contributed by atoms with Crippen LogP contribution >= 0.6 is 0 Å². The van der Waals surface area contributed by atoms with Gasteiger partial charge in [0.1, 0.15) is 12.0 Å². The molecule has 0 spiro atoms. The highest BCUT2D eigenvalue weighted by Crippen LogP contribution is 2.19. The van der Waals surface area contributed by atoms with Crippen molar-refractivity contribution < 1.29 is 0 Å². The summed E-state index contributed by atoms with van der Waals surface area (Å²) >= 11 is 0. The summed E-state index contributed by atoms with van der Waals surface area (Å²) in [6.45, 7) is 2.66. The molecule has 3 rings (SSSR count). The molecule has 3 aromatic rings. The first-order valence-electron chi connectivity index (χ1n) is 6.15. The number of aromatic nitrogens is 7. The first kappa shape index (κ1) is 12.3. The smallest absolute Gasteiger partial charge is 0.143 e. The van der Waals surface area contributed by atoms with Gasteiger partial charge < -0.3 is 5.32 Å². The molecule has 8 nitrogen and oxygen atoms in total. The predicted molar refractivity (Wildman–Crippen MR) is 72.2 cm³/mol. The molecule has 1 aromatic carbocycles. The maximum absolute atomic E-state index is 4.05. The second-order valence-electron chi connectivity index (χ2n) is 4.49. The van der Waals surface area contributed by atoms with E-state index in [0.717, 1.165) is 22.6 Å². The van der Waals surface area contributed by atoms with Crippen molar-refractivity contribution >= 4 is 5.69 Å². The lowest BCUT2D eigenvalue weighted by Gasteiger charge is -2.10. The van der Waals surface area contributed by atoms with Crippen molar-refractivity contribution in [2.45, 2.75) is 13.5 Å². The number of tetrazole rings is 1. The van der Waals surface area contributed by atoms with Gasteiger partial charge in [0.2, 0.25) is 0 Å². The third-order valence-electron chi connectivity index (χ3n) is 2.94. The van der Waals surface area contributed by atoms with E-state index in [4.69, 9.17) is 0 Å². The van der Waals surface area contributed by atoms with E-state index < -0.39 is 0 Å². The Balaban J connectivity index is 1.80. The zero-order valence-corrected chi connectivity index (χ0v) is 11.2. The lowest BCUT2D eigenvalue weighted by atomic mass is 10.2. The van der Waals surface area contributed by atoms with Crippen LogP contribution < -0.4 is 5.32 Å². The number of aryl methyl sites for hydroxylation is 2. The summed E-state index contributed by atoms with van der Waals surface area (Å²) in [7, 11) is 1.85. The quantitative estimate of drug-likeness (QED) is 0.751. The Labute approximate surface area is 115 Å². The molecule has 0 radical (unpaired) electrons. The van der Waals surface area contributed by atoms with Crippen LogP contribution in [0.5, 0.6) is 0 Å². The number of nitrogens with zero attached hydrogens (tertiary/aromatic N) is 7. The highest BCUT2D eigenvalue weighted by atomic mass is 15.5. The van der Waals surface area contributed by atoms with E-state index in [1.54, 1.807) is 15.7 Å². The van der Waals surface area contributed by atoms with Crippen LogP contribution in [0, 0.1) is 6.92 Å². The Bertz CT molecular complexity index is 700. The van der Waals surface area contributed by atoms with Gasteiger partial charge in [-0.2, -0.15) is 0 Å². The van der Waals surface area contributed by atoms with Crippen LogP contribution in [0.1, 0.15) is 11.3 Å². The van der Waals surface area contributed by atoms with Gasteiger partial charge in [0, 0.05) is 18.9 Å². The Morgan fingerprint density at radius 3 is 2.85 bits per heavy atom. The Morgan fingerprint density at radius 2 is 2.15 bits per heavy atom. The SMILES string of the molecule is Cc1ccc(-n2cnnn2)cc1NCc1cn(C)nn1. The van der Waals surface area contributed by atoms with E-state index in [2.05, 4.69) is 31.2 Å². The summed E-state index contributed by atoms with van der Waals surface area (Å²) in [4.78, 5) is 0. The van der Waals surface area contributed by atoms with Crippen LogP contribution in [0.2, 0.25) is 0 Å². The second-order valence-corrected chi connectivity index (χ2v) is 4.49. The van der Waals surface area contributed by atoms with Gasteiger partial charge in [0.15, 0.2) is 0 Å². The molecule has 0 fully saturated rings. The van der Waals surface area contributed by atoms with Gasteiger partial charge in [-0.3, -0.25) is 4.68 Å². The molecule has 0 saturated heterocycles. The molecule has 0 aliphatic rings. The lowest BCUT2D eigenvalue weighted by molar-refractivity contribution is 0.713. The Kier molecular flexibility index (Phi) is 3.12. The molecule has 0 aliphatic carbocycles. The largest absolute Gasteiger partial charge is 0.379 e. The number of hydrogen-bond acceptors (Lipinski definition) is 6.